The Hall–Kier alpha value is -8.54. The number of aryl methyl sites for hydroxylation is 5. The van der Waals surface area contributed by atoms with E-state index in [4.69, 9.17) is 14.1 Å². The summed E-state index contributed by atoms with van der Waals surface area (Å²) in [7, 11) is 0. The van der Waals surface area contributed by atoms with Crippen molar-refractivity contribution in [3.05, 3.63) is 247 Å². The number of hydrogen-bond acceptors (Lipinski definition) is 4. The van der Waals surface area contributed by atoms with Crippen LogP contribution in [0.25, 0.3) is 94.4 Å². The van der Waals surface area contributed by atoms with Gasteiger partial charge in [0.15, 0.2) is 0 Å². The second kappa shape index (κ2) is 17.7. The van der Waals surface area contributed by atoms with E-state index in [0.717, 1.165) is 10.9 Å². The number of para-hydroxylation sites is 2. The highest BCUT2D eigenvalue weighted by Crippen LogP contribution is 2.41. The van der Waals surface area contributed by atoms with Crippen molar-refractivity contribution in [3.63, 3.8) is 0 Å². The third-order valence-electron chi connectivity index (χ3n) is 12.3. The molecule has 0 radical (unpaired) electrons. The summed E-state index contributed by atoms with van der Waals surface area (Å²) in [5.41, 5.74) is 9.18. The molecule has 5 nitrogen and oxygen atoms in total. The molecule has 12 rings (SSSR count). The minimum Gasteiger partial charge on any atom is -0.292 e. The monoisotopic (exact) mass is 884 g/mol. The topological polar surface area (TPSA) is 56.0 Å². The fraction of sp³-hybridized carbons (Fsp3) is 0.0794. The van der Waals surface area contributed by atoms with Crippen LogP contribution in [0.2, 0.25) is 0 Å². The fourth-order valence-corrected chi connectivity index (χ4v) is 9.08. The van der Waals surface area contributed by atoms with Crippen molar-refractivity contribution in [3.8, 4) is 55.9 Å². The summed E-state index contributed by atoms with van der Waals surface area (Å²) in [6, 6.07) is 58.5. The largest absolute Gasteiger partial charge is 0.292 e. The molecule has 0 saturated carbocycles. The molecule has 0 N–H and O–H groups in total. The van der Waals surface area contributed by atoms with Gasteiger partial charge in [0.05, 0.1) is 38.8 Å². The van der Waals surface area contributed by atoms with Crippen LogP contribution in [-0.4, -0.2) is 24.3 Å². The molecule has 0 fully saturated rings. The van der Waals surface area contributed by atoms with E-state index < -0.39 is 32.3 Å². The maximum Gasteiger partial charge on any atom is 0.148 e. The molecule has 0 aliphatic heterocycles. The quantitative estimate of drug-likeness (QED) is 0.121. The van der Waals surface area contributed by atoms with Gasteiger partial charge in [-0.3, -0.25) is 19.4 Å². The predicted octanol–water partition coefficient (Wildman–Crippen LogP) is 15.2. The average molecular weight is 885 g/mol. The van der Waals surface area contributed by atoms with Crippen LogP contribution < -0.4 is 0 Å². The summed E-state index contributed by atoms with van der Waals surface area (Å²) in [6.07, 6.45) is -6.30. The van der Waals surface area contributed by atoms with Gasteiger partial charge in [0.1, 0.15) is 5.65 Å². The Bertz CT molecular complexity index is 4160. The molecule has 0 atom stereocenters. The number of rotatable bonds is 11. The molecule has 5 heteroatoms. The normalized spacial score (nSPS) is 15.0. The first kappa shape index (κ1) is 30.6. The third kappa shape index (κ3) is 7.78. The Morgan fingerprint density at radius 3 is 1.66 bits per heavy atom. The number of benzene rings is 7. The molecule has 5 aromatic heterocycles. The molecular formula is C63H47N5. The molecule has 0 aliphatic carbocycles. The summed E-state index contributed by atoms with van der Waals surface area (Å²) >= 11 is 0. The Kier molecular flexibility index (Phi) is 7.97. The number of pyridine rings is 4. The van der Waals surface area contributed by atoms with Crippen LogP contribution in [0, 0.1) is 6.85 Å². The number of nitrogens with zero attached hydrogens (tertiary/aromatic N) is 5. The van der Waals surface area contributed by atoms with Crippen molar-refractivity contribution < 1.29 is 15.1 Å². The van der Waals surface area contributed by atoms with Crippen molar-refractivity contribution in [2.24, 2.45) is 0 Å². The van der Waals surface area contributed by atoms with Crippen LogP contribution in [0.5, 0.6) is 0 Å². The summed E-state index contributed by atoms with van der Waals surface area (Å²) in [5.74, 6) is 0. The van der Waals surface area contributed by atoms with Gasteiger partial charge in [-0.15, -0.1) is 0 Å². The SMILES string of the molecule is [2H]C([2H])([2H])c1cnc2c3ccc(-c4ccccc4-c4cc(C([2H])([2H])C([2H])([2H])c5ccc(-c6ccccn6)cc5)cc(C([2H])([2H])C([2H])([2H])c5ccc(-c6ccccn6)cc5)c4)cc3n3c4ccccc4nc3c2c1-c1ccccc1. The van der Waals surface area contributed by atoms with Gasteiger partial charge in [0.2, 0.25) is 0 Å². The van der Waals surface area contributed by atoms with E-state index in [1.165, 1.54) is 48.7 Å². The minimum atomic E-state index is -2.82. The lowest BCUT2D eigenvalue weighted by Gasteiger charge is -2.17. The van der Waals surface area contributed by atoms with Crippen LogP contribution >= 0.6 is 0 Å². The zero-order valence-electron chi connectivity index (χ0n) is 47.5. The van der Waals surface area contributed by atoms with Gasteiger partial charge in [-0.05, 0) is 136 Å². The first-order valence-corrected chi connectivity index (χ1v) is 22.4. The second-order valence-corrected chi connectivity index (χ2v) is 16.6. The second-order valence-electron chi connectivity index (χ2n) is 16.6. The first-order valence-electron chi connectivity index (χ1n) is 27.9. The van der Waals surface area contributed by atoms with Gasteiger partial charge in [0, 0.05) is 50.2 Å². The standard InChI is InChI=1S/C63H47N5/c1-42-41-66-62-54-34-33-50(40-59(54)68-58-20-8-7-19-57(58)67-63(68)61(62)60(42)49-13-3-2-4-14-49)52-15-5-6-16-53(52)51-38-45(23-21-43-25-29-47(30-26-43)55-17-9-11-35-64-55)37-46(39-51)24-22-44-27-31-48(32-28-44)56-18-10-12-36-65-56/h2-20,25-41H,21-24H2,1H3/i1D3,21D2,22D2,23D2,24D2. The number of imidazole rings is 1. The van der Waals surface area contributed by atoms with E-state index in [1.54, 1.807) is 48.8 Å². The summed E-state index contributed by atoms with van der Waals surface area (Å²) in [5, 5.41) is 1.30. The smallest absolute Gasteiger partial charge is 0.148 e. The van der Waals surface area contributed by atoms with Gasteiger partial charge in [-0.2, -0.15) is 0 Å². The Labute approximate surface area is 411 Å². The molecular weight excluding hydrogens is 827 g/mol. The van der Waals surface area contributed by atoms with Crippen LogP contribution in [0.1, 0.15) is 42.9 Å². The highest BCUT2D eigenvalue weighted by atomic mass is 15.0. The van der Waals surface area contributed by atoms with Gasteiger partial charge in [-0.1, -0.05) is 158 Å². The van der Waals surface area contributed by atoms with Crippen LogP contribution in [0.3, 0.4) is 0 Å². The molecule has 0 amide bonds. The minimum absolute atomic E-state index is 0.0397. The van der Waals surface area contributed by atoms with Crippen molar-refractivity contribution in [2.45, 2.75) is 32.3 Å². The van der Waals surface area contributed by atoms with Crippen molar-refractivity contribution in [2.75, 3.05) is 0 Å². The van der Waals surface area contributed by atoms with E-state index in [1.807, 2.05) is 126 Å². The van der Waals surface area contributed by atoms with Gasteiger partial charge in [0.25, 0.3) is 0 Å². The molecule has 0 bridgehead atoms. The van der Waals surface area contributed by atoms with E-state index in [2.05, 4.69) is 9.97 Å². The van der Waals surface area contributed by atoms with Crippen molar-refractivity contribution in [1.29, 1.82) is 0 Å². The highest BCUT2D eigenvalue weighted by molar-refractivity contribution is 6.17. The molecule has 7 aromatic carbocycles. The van der Waals surface area contributed by atoms with E-state index >= 15 is 0 Å². The average Bonchev–Trinajstić information content (AvgIpc) is 3.64. The Morgan fingerprint density at radius 2 is 1.03 bits per heavy atom. The number of aromatic nitrogens is 5. The molecule has 12 aromatic rings. The van der Waals surface area contributed by atoms with E-state index in [0.29, 0.717) is 83.5 Å². The summed E-state index contributed by atoms with van der Waals surface area (Å²) in [4.78, 5) is 18.9. The maximum absolute atomic E-state index is 9.74. The zero-order valence-corrected chi connectivity index (χ0v) is 36.5. The van der Waals surface area contributed by atoms with Gasteiger partial charge in [-0.25, -0.2) is 4.98 Å². The lowest BCUT2D eigenvalue weighted by Crippen LogP contribution is -1.99. The van der Waals surface area contributed by atoms with Crippen molar-refractivity contribution >= 4 is 38.5 Å². The molecule has 0 spiro atoms. The molecule has 324 valence electrons. The number of fused-ring (bicyclic) bond motifs is 8. The Balaban J connectivity index is 1.05. The summed E-state index contributed by atoms with van der Waals surface area (Å²) in [6.45, 7) is -2.50. The Morgan fingerprint density at radius 1 is 0.456 bits per heavy atom. The summed E-state index contributed by atoms with van der Waals surface area (Å²) < 4.78 is 105. The van der Waals surface area contributed by atoms with Crippen LogP contribution in [0.15, 0.2) is 219 Å². The molecule has 0 unspecified atom stereocenters. The third-order valence-corrected chi connectivity index (χ3v) is 12.3. The highest BCUT2D eigenvalue weighted by Gasteiger charge is 2.21. The van der Waals surface area contributed by atoms with Gasteiger partial charge >= 0.3 is 0 Å². The van der Waals surface area contributed by atoms with Crippen LogP contribution in [0.4, 0.5) is 0 Å². The lowest BCUT2D eigenvalue weighted by molar-refractivity contribution is 0.931. The molecule has 5 heterocycles. The lowest BCUT2D eigenvalue weighted by atomic mass is 9.89. The molecule has 0 aliphatic rings. The predicted molar refractivity (Wildman–Crippen MR) is 281 cm³/mol. The maximum atomic E-state index is 9.74. The molecule has 0 saturated heterocycles. The van der Waals surface area contributed by atoms with Crippen LogP contribution in [-0.2, 0) is 25.5 Å². The first-order chi connectivity index (χ1) is 37.8. The zero-order chi connectivity index (χ0) is 55.1. The van der Waals surface area contributed by atoms with Gasteiger partial charge < -0.3 is 0 Å². The van der Waals surface area contributed by atoms with E-state index in [9.17, 15) is 11.0 Å². The number of hydrogen-bond donors (Lipinski definition) is 0. The molecule has 68 heavy (non-hydrogen) atoms. The van der Waals surface area contributed by atoms with E-state index in [-0.39, 0.29) is 27.8 Å². The van der Waals surface area contributed by atoms with Crippen molar-refractivity contribution in [1.82, 2.24) is 24.3 Å². The fourth-order valence-electron chi connectivity index (χ4n) is 9.08.